The van der Waals surface area contributed by atoms with E-state index in [1.165, 1.54) is 24.2 Å². The highest BCUT2D eigenvalue weighted by atomic mass is 19.4. The molecule has 38 heavy (non-hydrogen) atoms. The van der Waals surface area contributed by atoms with E-state index in [0.717, 1.165) is 38.5 Å². The van der Waals surface area contributed by atoms with Crippen molar-refractivity contribution in [2.75, 3.05) is 11.4 Å². The van der Waals surface area contributed by atoms with E-state index in [4.69, 9.17) is 5.10 Å². The normalized spacial score (nSPS) is 32.5. The van der Waals surface area contributed by atoms with E-state index >= 15 is 0 Å². The third kappa shape index (κ3) is 4.12. The molecule has 1 heterocycles. The highest BCUT2D eigenvalue weighted by Gasteiger charge is 2.63. The van der Waals surface area contributed by atoms with Crippen LogP contribution in [0.15, 0.2) is 30.3 Å². The summed E-state index contributed by atoms with van der Waals surface area (Å²) >= 11 is 0. The third-order valence-electron chi connectivity index (χ3n) is 9.93. The number of benzene rings is 1. The largest absolute Gasteiger partial charge is 0.417 e. The van der Waals surface area contributed by atoms with Crippen molar-refractivity contribution in [2.24, 2.45) is 18.4 Å². The van der Waals surface area contributed by atoms with Crippen LogP contribution in [0.5, 0.6) is 0 Å². The minimum atomic E-state index is -4.75. The number of carbonyl (C=O) groups excluding carboxylic acids is 1. The average Bonchev–Trinajstić information content (AvgIpc) is 3.66. The number of fused-ring (bicyclic) bond motifs is 3. The van der Waals surface area contributed by atoms with Gasteiger partial charge in [0.05, 0.1) is 17.3 Å². The Kier molecular flexibility index (Phi) is 5.73. The lowest BCUT2D eigenvalue weighted by Gasteiger charge is -2.55. The van der Waals surface area contributed by atoms with E-state index in [1.54, 1.807) is 29.2 Å². The van der Waals surface area contributed by atoms with Crippen molar-refractivity contribution < 1.29 is 23.1 Å². The van der Waals surface area contributed by atoms with Crippen molar-refractivity contribution >= 4 is 11.6 Å². The Morgan fingerprint density at radius 2 is 1.82 bits per heavy atom. The van der Waals surface area contributed by atoms with Gasteiger partial charge in [-0.15, -0.1) is 0 Å². The van der Waals surface area contributed by atoms with Crippen molar-refractivity contribution in [1.82, 2.24) is 9.78 Å². The quantitative estimate of drug-likeness (QED) is 0.539. The van der Waals surface area contributed by atoms with Gasteiger partial charge in [-0.2, -0.15) is 23.5 Å². The number of rotatable bonds is 6. The van der Waals surface area contributed by atoms with E-state index in [1.807, 2.05) is 7.05 Å². The molecule has 5 fully saturated rings. The highest BCUT2D eigenvalue weighted by molar-refractivity contribution is 5.96. The summed E-state index contributed by atoms with van der Waals surface area (Å²) < 4.78 is 41.9. The molecule has 5 aliphatic rings. The summed E-state index contributed by atoms with van der Waals surface area (Å²) in [5.74, 6) is -0.695. The minimum absolute atomic E-state index is 0.0867. The van der Waals surface area contributed by atoms with Crippen LogP contribution in [0.1, 0.15) is 87.1 Å². The molecule has 202 valence electrons. The number of aryl methyl sites for hydroxylation is 1. The number of anilines is 1. The van der Waals surface area contributed by atoms with Gasteiger partial charge in [0.25, 0.3) is 0 Å². The number of halogens is 3. The zero-order valence-electron chi connectivity index (χ0n) is 21.6. The van der Waals surface area contributed by atoms with Crippen LogP contribution < -0.4 is 4.90 Å². The molecule has 2 aromatic rings. The summed E-state index contributed by atoms with van der Waals surface area (Å²) in [6.07, 6.45) is 2.19. The second kappa shape index (κ2) is 8.57. The Hall–Kier alpha value is -2.86. The zero-order chi connectivity index (χ0) is 26.9. The highest BCUT2D eigenvalue weighted by Crippen LogP contribution is 2.59. The number of aliphatic hydroxyl groups is 1. The Morgan fingerprint density at radius 1 is 1.16 bits per heavy atom. The maximum Gasteiger partial charge on any atom is 0.417 e. The Morgan fingerprint density at radius 3 is 2.39 bits per heavy atom. The SMILES string of the molecule is Cn1nc(C2CC2)cc1C12CCC(CN(C(=O)C3CC(O)(C(F)(F)F)C3)c3cccc(C#N)c3)(CC1)CC2. The fourth-order valence-electron chi connectivity index (χ4n) is 7.21. The van der Waals surface area contributed by atoms with Crippen LogP contribution in [-0.4, -0.2) is 39.1 Å². The summed E-state index contributed by atoms with van der Waals surface area (Å²) in [6.45, 7) is 0.413. The molecule has 5 aliphatic carbocycles. The van der Waals surface area contributed by atoms with Gasteiger partial charge in [0.15, 0.2) is 5.60 Å². The fourth-order valence-corrected chi connectivity index (χ4v) is 7.21. The maximum absolute atomic E-state index is 13.6. The van der Waals surface area contributed by atoms with Crippen LogP contribution in [-0.2, 0) is 17.3 Å². The summed E-state index contributed by atoms with van der Waals surface area (Å²) in [4.78, 5) is 15.2. The molecule has 1 aromatic heterocycles. The molecular weight excluding hydrogens is 493 g/mol. The first kappa shape index (κ1) is 25.4. The smallest absolute Gasteiger partial charge is 0.380 e. The van der Waals surface area contributed by atoms with Crippen molar-refractivity contribution in [3.05, 3.63) is 47.3 Å². The number of hydrogen-bond donors (Lipinski definition) is 1. The first-order valence-electron chi connectivity index (χ1n) is 13.6. The molecule has 0 saturated heterocycles. The number of alkyl halides is 3. The van der Waals surface area contributed by atoms with Gasteiger partial charge in [0.2, 0.25) is 5.91 Å². The molecule has 0 spiro atoms. The number of nitriles is 1. The van der Waals surface area contributed by atoms with Crippen molar-refractivity contribution in [3.63, 3.8) is 0 Å². The molecule has 2 bridgehead atoms. The first-order chi connectivity index (χ1) is 18.0. The van der Waals surface area contributed by atoms with Gasteiger partial charge in [0, 0.05) is 42.2 Å². The third-order valence-corrected chi connectivity index (χ3v) is 9.93. The summed E-state index contributed by atoms with van der Waals surface area (Å²) in [6, 6.07) is 11.1. The van der Waals surface area contributed by atoms with E-state index < -0.39 is 36.4 Å². The lowest BCUT2D eigenvalue weighted by atomic mass is 9.52. The molecule has 0 unspecified atom stereocenters. The molecule has 6 nitrogen and oxygen atoms in total. The van der Waals surface area contributed by atoms with E-state index in [-0.39, 0.29) is 10.8 Å². The lowest BCUT2D eigenvalue weighted by molar-refractivity contribution is -0.295. The average molecular weight is 527 g/mol. The molecule has 1 amide bonds. The first-order valence-corrected chi connectivity index (χ1v) is 13.6. The van der Waals surface area contributed by atoms with E-state index in [2.05, 4.69) is 16.8 Å². The van der Waals surface area contributed by atoms with Gasteiger partial charge in [-0.25, -0.2) is 0 Å². The van der Waals surface area contributed by atoms with Gasteiger partial charge in [-0.1, -0.05) is 6.07 Å². The molecule has 0 atom stereocenters. The standard InChI is InChI=1S/C29H33F3N4O2/c1-35-24(14-23(34-35)20-5-6-20)27-10-7-26(8-11-27,9-12-27)18-36(22-4-2-3-19(13-22)17-33)25(37)21-15-28(38,16-21)29(30,31)32/h2-4,13-14,20-21,38H,5-12,15-16,18H2,1H3. The van der Waals surface area contributed by atoms with Gasteiger partial charge in [-0.3, -0.25) is 9.48 Å². The number of nitrogens with zero attached hydrogens (tertiary/aromatic N) is 4. The van der Waals surface area contributed by atoms with Gasteiger partial charge >= 0.3 is 6.18 Å². The second-order valence-corrected chi connectivity index (χ2v) is 12.4. The topological polar surface area (TPSA) is 82.2 Å². The predicted octanol–water partition coefficient (Wildman–Crippen LogP) is 5.50. The number of amides is 1. The van der Waals surface area contributed by atoms with Crippen LogP contribution >= 0.6 is 0 Å². The monoisotopic (exact) mass is 526 g/mol. The summed E-state index contributed by atoms with van der Waals surface area (Å²) in [5, 5.41) is 24.2. The number of carbonyl (C=O) groups is 1. The molecule has 5 saturated carbocycles. The van der Waals surface area contributed by atoms with Gasteiger partial charge in [-0.05, 0) is 93.9 Å². The Labute approximate surface area is 220 Å². The summed E-state index contributed by atoms with van der Waals surface area (Å²) in [5.41, 5.74) is 0.603. The van der Waals surface area contributed by atoms with Crippen LogP contribution in [0.25, 0.3) is 0 Å². The number of aromatic nitrogens is 2. The van der Waals surface area contributed by atoms with Crippen LogP contribution in [0.3, 0.4) is 0 Å². The Balaban J connectivity index is 1.23. The van der Waals surface area contributed by atoms with Crippen molar-refractivity contribution in [1.29, 1.82) is 5.26 Å². The molecule has 0 radical (unpaired) electrons. The van der Waals surface area contributed by atoms with Crippen molar-refractivity contribution in [2.45, 2.75) is 87.3 Å². The molecule has 1 N–H and O–H groups in total. The molecule has 7 rings (SSSR count). The van der Waals surface area contributed by atoms with Crippen LogP contribution in [0, 0.1) is 22.7 Å². The summed E-state index contributed by atoms with van der Waals surface area (Å²) in [7, 11) is 2.04. The van der Waals surface area contributed by atoms with Gasteiger partial charge < -0.3 is 10.0 Å². The van der Waals surface area contributed by atoms with E-state index in [0.29, 0.717) is 23.7 Å². The zero-order valence-corrected chi connectivity index (χ0v) is 21.6. The van der Waals surface area contributed by atoms with Gasteiger partial charge in [0.1, 0.15) is 0 Å². The predicted molar refractivity (Wildman–Crippen MR) is 134 cm³/mol. The van der Waals surface area contributed by atoms with Crippen LogP contribution in [0.4, 0.5) is 18.9 Å². The van der Waals surface area contributed by atoms with E-state index in [9.17, 15) is 28.3 Å². The minimum Gasteiger partial charge on any atom is -0.380 e. The molecule has 0 aliphatic heterocycles. The number of hydrogen-bond acceptors (Lipinski definition) is 4. The maximum atomic E-state index is 13.6. The lowest BCUT2D eigenvalue weighted by Crippen LogP contribution is -2.60. The van der Waals surface area contributed by atoms with Crippen molar-refractivity contribution in [3.8, 4) is 6.07 Å². The molecular formula is C29H33F3N4O2. The van der Waals surface area contributed by atoms with Crippen LogP contribution in [0.2, 0.25) is 0 Å². The second-order valence-electron chi connectivity index (χ2n) is 12.4. The molecule has 9 heteroatoms. The Bertz CT molecular complexity index is 1280. The molecule has 1 aromatic carbocycles. The fraction of sp³-hybridized carbons (Fsp3) is 0.621.